The molecule has 1 atom stereocenters. The first kappa shape index (κ1) is 13.6. The van der Waals surface area contributed by atoms with E-state index in [2.05, 4.69) is 16.3 Å². The van der Waals surface area contributed by atoms with Crippen LogP contribution >= 0.6 is 0 Å². The lowest BCUT2D eigenvalue weighted by molar-refractivity contribution is -0.131. The van der Waals surface area contributed by atoms with Crippen LogP contribution in [-0.4, -0.2) is 37.0 Å². The van der Waals surface area contributed by atoms with Crippen LogP contribution in [0, 0.1) is 5.92 Å². The average molecular weight is 274 g/mol. The Labute approximate surface area is 120 Å². The zero-order valence-corrected chi connectivity index (χ0v) is 12.0. The maximum absolute atomic E-state index is 11.1. The second-order valence-corrected chi connectivity index (χ2v) is 5.73. The van der Waals surface area contributed by atoms with Crippen LogP contribution in [0.15, 0.2) is 24.3 Å². The third-order valence-electron chi connectivity index (χ3n) is 4.07. The van der Waals surface area contributed by atoms with Crippen LogP contribution in [-0.2, 0) is 4.79 Å². The molecule has 1 aliphatic heterocycles. The van der Waals surface area contributed by atoms with Crippen molar-refractivity contribution in [2.75, 3.05) is 26.2 Å². The van der Waals surface area contributed by atoms with Crippen LogP contribution in [0.5, 0.6) is 5.75 Å². The third-order valence-corrected chi connectivity index (χ3v) is 4.07. The van der Waals surface area contributed by atoms with E-state index in [1.807, 2.05) is 18.2 Å². The molecule has 20 heavy (non-hydrogen) atoms. The van der Waals surface area contributed by atoms with E-state index in [1.165, 1.54) is 25.3 Å². The monoisotopic (exact) mass is 274 g/mol. The van der Waals surface area contributed by atoms with Gasteiger partial charge in [0.15, 0.2) is 0 Å². The van der Waals surface area contributed by atoms with Crippen molar-refractivity contribution in [3.8, 4) is 5.75 Å². The van der Waals surface area contributed by atoms with Gasteiger partial charge in [-0.15, -0.1) is 0 Å². The minimum absolute atomic E-state index is 0.257. The number of esters is 1. The molecule has 108 valence electrons. The van der Waals surface area contributed by atoms with E-state index in [1.54, 1.807) is 0 Å². The van der Waals surface area contributed by atoms with Crippen LogP contribution in [0.4, 0.5) is 0 Å². The van der Waals surface area contributed by atoms with Crippen molar-refractivity contribution in [1.82, 2.24) is 10.2 Å². The quantitative estimate of drug-likeness (QED) is 0.673. The molecule has 1 saturated carbocycles. The minimum atomic E-state index is -0.257. The lowest BCUT2D eigenvalue weighted by Gasteiger charge is -2.35. The molecule has 0 unspecified atom stereocenters. The van der Waals surface area contributed by atoms with Gasteiger partial charge in [-0.05, 0) is 36.5 Å². The first-order valence-corrected chi connectivity index (χ1v) is 7.47. The smallest absolute Gasteiger partial charge is 0.308 e. The molecule has 2 aliphatic rings. The lowest BCUT2D eigenvalue weighted by Crippen LogP contribution is -2.45. The first-order valence-electron chi connectivity index (χ1n) is 7.47. The molecule has 1 saturated heterocycles. The van der Waals surface area contributed by atoms with E-state index < -0.39 is 0 Å². The van der Waals surface area contributed by atoms with Crippen LogP contribution < -0.4 is 10.1 Å². The number of nitrogens with zero attached hydrogens (tertiary/aromatic N) is 1. The minimum Gasteiger partial charge on any atom is -0.427 e. The van der Waals surface area contributed by atoms with Gasteiger partial charge in [-0.3, -0.25) is 9.69 Å². The number of benzene rings is 1. The average Bonchev–Trinajstić information content (AvgIpc) is 3.25. The Balaban J connectivity index is 1.81. The number of hydrogen-bond acceptors (Lipinski definition) is 4. The number of carbonyl (C=O) groups excluding carboxylic acids is 1. The highest BCUT2D eigenvalue weighted by atomic mass is 16.5. The zero-order chi connectivity index (χ0) is 13.9. The van der Waals surface area contributed by atoms with Crippen molar-refractivity contribution in [2.45, 2.75) is 25.8 Å². The van der Waals surface area contributed by atoms with E-state index in [9.17, 15) is 4.79 Å². The fraction of sp³-hybridized carbons (Fsp3) is 0.562. The fourth-order valence-electron chi connectivity index (χ4n) is 3.08. The van der Waals surface area contributed by atoms with Crippen LogP contribution in [0.25, 0.3) is 0 Å². The molecule has 0 spiro atoms. The summed E-state index contributed by atoms with van der Waals surface area (Å²) in [6.07, 6.45) is 2.62. The Bertz CT molecular complexity index is 479. The standard InChI is InChI=1S/C16H22N2O2/c1-12(19)20-15-4-2-3-14(11-15)16(13-5-6-13)18-9-7-17-8-10-18/h2-4,11,13,16-17H,5-10H2,1H3/t16-/m1/s1. The van der Waals surface area contributed by atoms with Gasteiger partial charge in [0.2, 0.25) is 0 Å². The molecule has 1 N–H and O–H groups in total. The molecule has 4 heteroatoms. The van der Waals surface area contributed by atoms with E-state index in [-0.39, 0.29) is 5.97 Å². The van der Waals surface area contributed by atoms with Crippen LogP contribution in [0.1, 0.15) is 31.4 Å². The highest BCUT2D eigenvalue weighted by Crippen LogP contribution is 2.45. The van der Waals surface area contributed by atoms with Crippen molar-refractivity contribution in [1.29, 1.82) is 0 Å². The van der Waals surface area contributed by atoms with Crippen molar-refractivity contribution in [2.24, 2.45) is 5.92 Å². The molecule has 0 aromatic heterocycles. The van der Waals surface area contributed by atoms with Crippen molar-refractivity contribution < 1.29 is 9.53 Å². The summed E-state index contributed by atoms with van der Waals surface area (Å²) in [5.41, 5.74) is 1.29. The number of piperazine rings is 1. The van der Waals surface area contributed by atoms with Gasteiger partial charge >= 0.3 is 5.97 Å². The van der Waals surface area contributed by atoms with E-state index in [4.69, 9.17) is 4.74 Å². The molecule has 0 radical (unpaired) electrons. The SMILES string of the molecule is CC(=O)Oc1cccc([C@@H](C2CC2)N2CCNCC2)c1. The largest absolute Gasteiger partial charge is 0.427 e. The molecule has 1 aromatic rings. The summed E-state index contributed by atoms with van der Waals surface area (Å²) >= 11 is 0. The van der Waals surface area contributed by atoms with Gasteiger partial charge in [0.05, 0.1) is 0 Å². The van der Waals surface area contributed by atoms with Gasteiger partial charge in [-0.2, -0.15) is 0 Å². The summed E-state index contributed by atoms with van der Waals surface area (Å²) in [6, 6.07) is 8.52. The predicted molar refractivity (Wildman–Crippen MR) is 77.7 cm³/mol. The lowest BCUT2D eigenvalue weighted by atomic mass is 9.99. The maximum atomic E-state index is 11.1. The molecule has 1 aliphatic carbocycles. The Morgan fingerprint density at radius 3 is 2.75 bits per heavy atom. The molecule has 1 aromatic carbocycles. The van der Waals surface area contributed by atoms with Gasteiger partial charge < -0.3 is 10.1 Å². The van der Waals surface area contributed by atoms with Gasteiger partial charge in [0, 0.05) is 39.1 Å². The maximum Gasteiger partial charge on any atom is 0.308 e. The molecule has 2 fully saturated rings. The first-order chi connectivity index (χ1) is 9.74. The van der Waals surface area contributed by atoms with Gasteiger partial charge in [-0.25, -0.2) is 0 Å². The Hall–Kier alpha value is -1.39. The van der Waals surface area contributed by atoms with Crippen LogP contribution in [0.3, 0.4) is 0 Å². The Morgan fingerprint density at radius 2 is 2.10 bits per heavy atom. The highest BCUT2D eigenvalue weighted by molar-refractivity contribution is 5.69. The number of hydrogen-bond donors (Lipinski definition) is 1. The Morgan fingerprint density at radius 1 is 1.35 bits per heavy atom. The van der Waals surface area contributed by atoms with Gasteiger partial charge in [0.25, 0.3) is 0 Å². The number of carbonyl (C=O) groups is 1. The second-order valence-electron chi connectivity index (χ2n) is 5.73. The summed E-state index contributed by atoms with van der Waals surface area (Å²) in [6.45, 7) is 5.76. The van der Waals surface area contributed by atoms with Crippen LogP contribution in [0.2, 0.25) is 0 Å². The van der Waals surface area contributed by atoms with E-state index in [0.29, 0.717) is 11.8 Å². The molecular weight excluding hydrogens is 252 g/mol. The number of nitrogens with one attached hydrogen (secondary N) is 1. The Kier molecular flexibility index (Phi) is 4.03. The highest BCUT2D eigenvalue weighted by Gasteiger charge is 2.36. The zero-order valence-electron chi connectivity index (χ0n) is 12.0. The second kappa shape index (κ2) is 5.94. The molecule has 1 heterocycles. The van der Waals surface area contributed by atoms with Crippen molar-refractivity contribution >= 4 is 5.97 Å². The molecule has 0 bridgehead atoms. The molecule has 3 rings (SSSR count). The summed E-state index contributed by atoms with van der Waals surface area (Å²) in [5.74, 6) is 1.17. The predicted octanol–water partition coefficient (Wildman–Crippen LogP) is 1.97. The molecule has 4 nitrogen and oxygen atoms in total. The summed E-state index contributed by atoms with van der Waals surface area (Å²) in [4.78, 5) is 13.7. The van der Waals surface area contributed by atoms with E-state index >= 15 is 0 Å². The normalized spacial score (nSPS) is 21.4. The van der Waals surface area contributed by atoms with E-state index in [0.717, 1.165) is 32.1 Å². The molecular formula is C16H22N2O2. The van der Waals surface area contributed by atoms with Crippen molar-refractivity contribution in [3.63, 3.8) is 0 Å². The number of ether oxygens (including phenoxy) is 1. The summed E-state index contributed by atoms with van der Waals surface area (Å²) in [5, 5.41) is 3.41. The summed E-state index contributed by atoms with van der Waals surface area (Å²) < 4.78 is 5.22. The topological polar surface area (TPSA) is 41.6 Å². The number of rotatable bonds is 4. The third kappa shape index (κ3) is 3.19. The molecule has 0 amide bonds. The van der Waals surface area contributed by atoms with Crippen molar-refractivity contribution in [3.05, 3.63) is 29.8 Å². The van der Waals surface area contributed by atoms with Gasteiger partial charge in [0.1, 0.15) is 5.75 Å². The summed E-state index contributed by atoms with van der Waals surface area (Å²) in [7, 11) is 0. The van der Waals surface area contributed by atoms with Gasteiger partial charge in [-0.1, -0.05) is 12.1 Å². The fourth-order valence-corrected chi connectivity index (χ4v) is 3.08.